The standard InChI is InChI=1S/C14H9N3O2/c1-19-13-7-12(10(8-15)9-16)14(18)17(13)11-5-3-2-4-6-11/h2-7H,1H3. The third kappa shape index (κ3) is 2.05. The maximum absolute atomic E-state index is 12.3. The minimum absolute atomic E-state index is 0.0469. The van der Waals surface area contributed by atoms with E-state index < -0.39 is 5.91 Å². The third-order valence-electron chi connectivity index (χ3n) is 2.64. The van der Waals surface area contributed by atoms with Crippen LogP contribution in [0.5, 0.6) is 0 Å². The summed E-state index contributed by atoms with van der Waals surface area (Å²) in [6.45, 7) is 0. The molecular formula is C14H9N3O2. The molecule has 0 atom stereocenters. The van der Waals surface area contributed by atoms with E-state index in [1.807, 2.05) is 6.07 Å². The Morgan fingerprint density at radius 2 is 1.84 bits per heavy atom. The number of benzene rings is 1. The summed E-state index contributed by atoms with van der Waals surface area (Å²) in [5, 5.41) is 17.7. The van der Waals surface area contributed by atoms with Crippen molar-refractivity contribution in [2.45, 2.75) is 0 Å². The number of nitrogens with zero attached hydrogens (tertiary/aromatic N) is 3. The summed E-state index contributed by atoms with van der Waals surface area (Å²) in [5.74, 6) is -0.157. The Bertz CT molecular complexity index is 644. The molecule has 1 aliphatic rings. The third-order valence-corrected chi connectivity index (χ3v) is 2.64. The number of ether oxygens (including phenoxy) is 1. The Kier molecular flexibility index (Phi) is 3.31. The molecule has 0 bridgehead atoms. The van der Waals surface area contributed by atoms with Crippen molar-refractivity contribution < 1.29 is 9.53 Å². The van der Waals surface area contributed by atoms with Gasteiger partial charge in [0, 0.05) is 6.08 Å². The topological polar surface area (TPSA) is 77.1 Å². The minimum Gasteiger partial charge on any atom is -0.482 e. The normalized spacial score (nSPS) is 13.6. The fourth-order valence-corrected chi connectivity index (χ4v) is 1.77. The van der Waals surface area contributed by atoms with Gasteiger partial charge in [-0.05, 0) is 12.1 Å². The van der Waals surface area contributed by atoms with Crippen LogP contribution in [0.2, 0.25) is 0 Å². The van der Waals surface area contributed by atoms with Gasteiger partial charge in [-0.15, -0.1) is 0 Å². The molecule has 92 valence electrons. The first-order chi connectivity index (χ1) is 9.22. The molecule has 1 aliphatic heterocycles. The molecule has 0 spiro atoms. The monoisotopic (exact) mass is 251 g/mol. The van der Waals surface area contributed by atoms with Gasteiger partial charge in [0.25, 0.3) is 5.91 Å². The molecule has 0 N–H and O–H groups in total. The highest BCUT2D eigenvalue weighted by atomic mass is 16.5. The van der Waals surface area contributed by atoms with Gasteiger partial charge in [0.1, 0.15) is 17.7 Å². The molecule has 0 saturated carbocycles. The molecule has 0 radical (unpaired) electrons. The molecule has 5 nitrogen and oxygen atoms in total. The van der Waals surface area contributed by atoms with E-state index in [1.54, 1.807) is 36.4 Å². The van der Waals surface area contributed by atoms with Crippen LogP contribution in [-0.4, -0.2) is 13.0 Å². The molecule has 0 saturated heterocycles. The number of anilines is 1. The van der Waals surface area contributed by atoms with Gasteiger partial charge < -0.3 is 4.74 Å². The highest BCUT2D eigenvalue weighted by Crippen LogP contribution is 2.29. The maximum Gasteiger partial charge on any atom is 0.267 e. The van der Waals surface area contributed by atoms with Crippen LogP contribution in [0.25, 0.3) is 0 Å². The molecule has 2 rings (SSSR count). The number of hydrogen-bond donors (Lipinski definition) is 0. The van der Waals surface area contributed by atoms with Crippen molar-refractivity contribution in [3.63, 3.8) is 0 Å². The van der Waals surface area contributed by atoms with Gasteiger partial charge in [0.2, 0.25) is 5.88 Å². The number of methoxy groups -OCH3 is 1. The van der Waals surface area contributed by atoms with E-state index in [0.29, 0.717) is 5.69 Å². The second-order valence-corrected chi connectivity index (χ2v) is 3.68. The van der Waals surface area contributed by atoms with Crippen molar-refractivity contribution in [1.82, 2.24) is 0 Å². The van der Waals surface area contributed by atoms with Crippen molar-refractivity contribution in [3.8, 4) is 12.1 Å². The first-order valence-corrected chi connectivity index (χ1v) is 5.42. The van der Waals surface area contributed by atoms with Gasteiger partial charge in [0.15, 0.2) is 0 Å². The average Bonchev–Trinajstić information content (AvgIpc) is 2.78. The lowest BCUT2D eigenvalue weighted by Crippen LogP contribution is -2.26. The van der Waals surface area contributed by atoms with Crippen molar-refractivity contribution >= 4 is 11.6 Å². The van der Waals surface area contributed by atoms with Crippen molar-refractivity contribution in [3.05, 3.63) is 53.4 Å². The smallest absolute Gasteiger partial charge is 0.267 e. The number of rotatable bonds is 2. The summed E-state index contributed by atoms with van der Waals surface area (Å²) in [6, 6.07) is 12.3. The van der Waals surface area contributed by atoms with E-state index in [2.05, 4.69) is 0 Å². The molecule has 19 heavy (non-hydrogen) atoms. The van der Waals surface area contributed by atoms with Crippen LogP contribution in [0, 0.1) is 22.7 Å². The highest BCUT2D eigenvalue weighted by Gasteiger charge is 2.32. The number of para-hydroxylation sites is 1. The number of carbonyl (C=O) groups is 1. The Labute approximate surface area is 110 Å². The zero-order valence-electron chi connectivity index (χ0n) is 10.1. The lowest BCUT2D eigenvalue weighted by Gasteiger charge is -2.18. The van der Waals surface area contributed by atoms with E-state index in [4.69, 9.17) is 15.3 Å². The van der Waals surface area contributed by atoms with Crippen molar-refractivity contribution in [2.24, 2.45) is 0 Å². The summed E-state index contributed by atoms with van der Waals surface area (Å²) < 4.78 is 5.13. The molecule has 1 aromatic carbocycles. The summed E-state index contributed by atoms with van der Waals surface area (Å²) in [4.78, 5) is 13.6. The zero-order chi connectivity index (χ0) is 13.8. The number of nitriles is 2. The first kappa shape index (κ1) is 12.4. The lowest BCUT2D eigenvalue weighted by atomic mass is 10.1. The molecule has 0 fully saturated rings. The quantitative estimate of drug-likeness (QED) is 0.593. The van der Waals surface area contributed by atoms with E-state index in [-0.39, 0.29) is 17.0 Å². The summed E-state index contributed by atoms with van der Waals surface area (Å²) in [6.07, 6.45) is 1.40. The Hall–Kier alpha value is -3.05. The van der Waals surface area contributed by atoms with E-state index in [1.165, 1.54) is 18.1 Å². The van der Waals surface area contributed by atoms with Crippen molar-refractivity contribution in [1.29, 1.82) is 10.5 Å². The average molecular weight is 251 g/mol. The SMILES string of the molecule is COC1=CC(=C(C#N)C#N)C(=O)N1c1ccccc1. The van der Waals surface area contributed by atoms with Crippen LogP contribution in [0.4, 0.5) is 5.69 Å². The highest BCUT2D eigenvalue weighted by molar-refractivity contribution is 6.13. The molecular weight excluding hydrogens is 242 g/mol. The van der Waals surface area contributed by atoms with Gasteiger partial charge in [0.05, 0.1) is 18.4 Å². The Balaban J connectivity index is 2.54. The Morgan fingerprint density at radius 1 is 1.21 bits per heavy atom. The van der Waals surface area contributed by atoms with Crippen LogP contribution in [0.3, 0.4) is 0 Å². The first-order valence-electron chi connectivity index (χ1n) is 5.42. The predicted octanol–water partition coefficient (Wildman–Crippen LogP) is 1.86. The molecule has 0 unspecified atom stereocenters. The zero-order valence-corrected chi connectivity index (χ0v) is 10.1. The van der Waals surface area contributed by atoms with Gasteiger partial charge in [-0.25, -0.2) is 4.90 Å². The van der Waals surface area contributed by atoms with E-state index in [0.717, 1.165) is 0 Å². The van der Waals surface area contributed by atoms with Gasteiger partial charge in [-0.3, -0.25) is 4.79 Å². The second kappa shape index (κ2) is 5.07. The minimum atomic E-state index is -0.443. The summed E-state index contributed by atoms with van der Waals surface area (Å²) in [7, 11) is 1.43. The number of allylic oxidation sites excluding steroid dienone is 1. The Morgan fingerprint density at radius 3 is 2.37 bits per heavy atom. The van der Waals surface area contributed by atoms with Crippen LogP contribution in [0.15, 0.2) is 53.4 Å². The summed E-state index contributed by atoms with van der Waals surface area (Å²) in [5.41, 5.74) is 0.439. The molecule has 1 heterocycles. The number of amides is 1. The van der Waals surface area contributed by atoms with Gasteiger partial charge in [-0.1, -0.05) is 18.2 Å². The fourth-order valence-electron chi connectivity index (χ4n) is 1.77. The van der Waals surface area contributed by atoms with Crippen LogP contribution in [-0.2, 0) is 9.53 Å². The van der Waals surface area contributed by atoms with Crippen LogP contribution >= 0.6 is 0 Å². The molecule has 1 aromatic rings. The lowest BCUT2D eigenvalue weighted by molar-refractivity contribution is -0.114. The number of carbonyl (C=O) groups excluding carboxylic acids is 1. The van der Waals surface area contributed by atoms with E-state index >= 15 is 0 Å². The van der Waals surface area contributed by atoms with Crippen LogP contribution in [0.1, 0.15) is 0 Å². The van der Waals surface area contributed by atoms with Gasteiger partial charge in [-0.2, -0.15) is 10.5 Å². The number of hydrogen-bond acceptors (Lipinski definition) is 4. The maximum atomic E-state index is 12.3. The van der Waals surface area contributed by atoms with Crippen LogP contribution < -0.4 is 4.90 Å². The summed E-state index contributed by atoms with van der Waals surface area (Å²) >= 11 is 0. The van der Waals surface area contributed by atoms with E-state index in [9.17, 15) is 4.79 Å². The fraction of sp³-hybridized carbons (Fsp3) is 0.0714. The molecule has 5 heteroatoms. The largest absolute Gasteiger partial charge is 0.482 e. The predicted molar refractivity (Wildman–Crippen MR) is 67.3 cm³/mol. The second-order valence-electron chi connectivity index (χ2n) is 3.68. The van der Waals surface area contributed by atoms with Crippen molar-refractivity contribution in [2.75, 3.05) is 12.0 Å². The van der Waals surface area contributed by atoms with Gasteiger partial charge >= 0.3 is 0 Å². The molecule has 0 aromatic heterocycles. The molecule has 1 amide bonds. The molecule has 0 aliphatic carbocycles.